The summed E-state index contributed by atoms with van der Waals surface area (Å²) in [4.78, 5) is 96.2. The maximum atomic E-state index is 12.6. The van der Waals surface area contributed by atoms with E-state index in [0.29, 0.717) is 5.56 Å². The van der Waals surface area contributed by atoms with Crippen LogP contribution >= 0.6 is 35.2 Å². The van der Waals surface area contributed by atoms with E-state index in [-0.39, 0.29) is 53.1 Å². The van der Waals surface area contributed by atoms with E-state index < -0.39 is 84.6 Å². The number of phenolic OH excluding ortho intramolecular Hbond substituents is 1. The van der Waals surface area contributed by atoms with Crippen LogP contribution in [0.3, 0.4) is 0 Å². The quantitative estimate of drug-likeness (QED) is 0.0367. The molecule has 0 saturated carbocycles. The van der Waals surface area contributed by atoms with Crippen LogP contribution in [0, 0.1) is 5.41 Å². The molecule has 0 radical (unpaired) electrons. The fourth-order valence-electron chi connectivity index (χ4n) is 5.06. The summed E-state index contributed by atoms with van der Waals surface area (Å²) in [5.74, 6) is -1.29. The number of nitrogens with two attached hydrogens (primary N) is 1. The van der Waals surface area contributed by atoms with Crippen LogP contribution in [-0.4, -0.2) is 108 Å². The zero-order chi connectivity index (χ0) is 43.8. The van der Waals surface area contributed by atoms with Gasteiger partial charge in [-0.05, 0) is 23.8 Å². The van der Waals surface area contributed by atoms with Crippen molar-refractivity contribution in [1.29, 1.82) is 0 Å². The Kier molecular flexibility index (Phi) is 16.5. The van der Waals surface area contributed by atoms with Crippen molar-refractivity contribution in [3.63, 3.8) is 0 Å². The number of aliphatic hydroxyl groups is 2. The van der Waals surface area contributed by atoms with Gasteiger partial charge in [-0.15, -0.1) is 0 Å². The standard InChI is InChI=1S/C30H42N7O18P3S/c1-30(2,25(42)28(43)33-10-9-20(39)32-11-12-59-21(40)8-5-17-3-6-18(38)7-4-17)14-52-58(49,50)55-57(47,48)51-13-19-24(54-56(44,45)46)23(41)29(53-19)37-16-36-22-26(31)34-15-35-27(22)37/h3-8,15-16,19,23-25,29,38,41-42H,9-14H2,1-2H3,(H,32,39)(H,33,43)(H,47,48)(H,49,50)(H2,31,34,35)(H2,44,45,46)/p-4/t19-,23-,24-,25+,29-/m1/s1. The van der Waals surface area contributed by atoms with Crippen LogP contribution in [0.4, 0.5) is 5.82 Å². The fraction of sp³-hybridized carbons (Fsp3) is 0.467. The van der Waals surface area contributed by atoms with Gasteiger partial charge in [0.15, 0.2) is 17.7 Å². The third kappa shape index (κ3) is 14.5. The van der Waals surface area contributed by atoms with E-state index >= 15 is 0 Å². The molecule has 1 aliphatic rings. The molecule has 25 nitrogen and oxygen atoms in total. The number of hydrogen-bond donors (Lipinski definition) is 6. The van der Waals surface area contributed by atoms with Crippen LogP contribution in [0.2, 0.25) is 0 Å². The van der Waals surface area contributed by atoms with Crippen molar-refractivity contribution in [1.82, 2.24) is 30.2 Å². The first-order valence-electron chi connectivity index (χ1n) is 16.9. The number of amides is 2. The number of nitrogens with zero attached hydrogens (tertiary/aromatic N) is 4. The highest BCUT2D eigenvalue weighted by Gasteiger charge is 2.47. The van der Waals surface area contributed by atoms with E-state index in [4.69, 9.17) is 10.5 Å². The molecule has 3 aromatic rings. The molecule has 59 heavy (non-hydrogen) atoms. The summed E-state index contributed by atoms with van der Waals surface area (Å²) in [6.45, 7) is -0.0545. The summed E-state index contributed by atoms with van der Waals surface area (Å²) in [6.07, 6.45) is -4.79. The molecule has 2 amide bonds. The summed E-state index contributed by atoms with van der Waals surface area (Å²) in [5.41, 5.74) is 4.74. The predicted molar refractivity (Wildman–Crippen MR) is 195 cm³/mol. The van der Waals surface area contributed by atoms with Gasteiger partial charge in [0, 0.05) is 30.7 Å². The fourth-order valence-corrected chi connectivity index (χ4v) is 8.36. The molecule has 4 rings (SSSR count). The smallest absolute Gasteiger partial charge is 0.274 e. The van der Waals surface area contributed by atoms with E-state index in [2.05, 4.69) is 43.5 Å². The number of nitrogen functional groups attached to an aromatic ring is 1. The second-order valence-corrected chi connectivity index (χ2v) is 18.2. The average Bonchev–Trinajstić information content (AvgIpc) is 3.71. The Morgan fingerprint density at radius 1 is 1.05 bits per heavy atom. The molecule has 326 valence electrons. The minimum Gasteiger partial charge on any atom is -0.790 e. The van der Waals surface area contributed by atoms with Crippen molar-refractivity contribution in [2.45, 2.75) is 50.9 Å². The normalized spacial score (nSPS) is 21.2. The SMILES string of the molecule is CC(C)(COP(=O)([O-])OP(=O)([O-])OC[C@H]1O[C@@H](n2cnc3c(N)ncnc32)[C@H](O)[C@@H]1OP(=O)([O-])[O-])[C@@H](O)C(=O)NCCC(=O)NCCSC(=O)C=Cc1ccc(O)cc1. The number of phosphoric acid groups is 3. The molecule has 1 aromatic carbocycles. The lowest BCUT2D eigenvalue weighted by atomic mass is 9.87. The Bertz CT molecular complexity index is 2140. The molecule has 0 spiro atoms. The van der Waals surface area contributed by atoms with Crippen molar-refractivity contribution < 1.29 is 85.6 Å². The summed E-state index contributed by atoms with van der Waals surface area (Å²) in [5, 5.41) is 35.2. The van der Waals surface area contributed by atoms with Gasteiger partial charge in [-0.25, -0.2) is 19.3 Å². The summed E-state index contributed by atoms with van der Waals surface area (Å²) in [7, 11) is -17.6. The highest BCUT2D eigenvalue weighted by atomic mass is 32.2. The zero-order valence-corrected chi connectivity index (χ0v) is 34.3. The molecular weight excluding hydrogens is 871 g/mol. The lowest BCUT2D eigenvalue weighted by Crippen LogP contribution is -2.46. The number of carbonyl (C=O) groups excluding carboxylic acids is 3. The molecule has 1 fully saturated rings. The predicted octanol–water partition coefficient (Wildman–Crippen LogP) is -2.44. The molecule has 0 bridgehead atoms. The zero-order valence-electron chi connectivity index (χ0n) is 30.8. The topological polar surface area (TPSA) is 395 Å². The third-order valence-electron chi connectivity index (χ3n) is 8.03. The highest BCUT2D eigenvalue weighted by molar-refractivity contribution is 8.14. The molecule has 2 unspecified atom stereocenters. The number of thioether (sulfide) groups is 1. The second-order valence-electron chi connectivity index (χ2n) is 13.1. The lowest BCUT2D eigenvalue weighted by molar-refractivity contribution is -0.347. The number of anilines is 1. The number of aromatic nitrogens is 4. The number of carbonyl (C=O) groups is 3. The molecule has 0 aliphatic carbocycles. The Morgan fingerprint density at radius 3 is 2.41 bits per heavy atom. The minimum atomic E-state index is -5.93. The van der Waals surface area contributed by atoms with E-state index in [0.717, 1.165) is 29.0 Å². The van der Waals surface area contributed by atoms with Crippen LogP contribution in [0.15, 0.2) is 43.0 Å². The second kappa shape index (κ2) is 20.3. The van der Waals surface area contributed by atoms with Crippen LogP contribution in [0.25, 0.3) is 17.2 Å². The maximum Gasteiger partial charge on any atom is 0.274 e. The van der Waals surface area contributed by atoms with Crippen LogP contribution in [-0.2, 0) is 50.7 Å². The van der Waals surface area contributed by atoms with Gasteiger partial charge in [0.2, 0.25) is 16.9 Å². The van der Waals surface area contributed by atoms with Crippen LogP contribution in [0.1, 0.15) is 32.1 Å². The van der Waals surface area contributed by atoms with Crippen LogP contribution < -0.4 is 35.9 Å². The van der Waals surface area contributed by atoms with Gasteiger partial charge >= 0.3 is 0 Å². The van der Waals surface area contributed by atoms with Gasteiger partial charge in [-0.3, -0.25) is 28.1 Å². The largest absolute Gasteiger partial charge is 0.790 e. The number of aliphatic hydroxyl groups excluding tert-OH is 2. The van der Waals surface area contributed by atoms with Gasteiger partial charge in [0.1, 0.15) is 42.0 Å². The first-order chi connectivity index (χ1) is 27.5. The van der Waals surface area contributed by atoms with E-state index in [1.54, 1.807) is 18.2 Å². The number of nitrogens with one attached hydrogen (secondary N) is 2. The number of hydrogen-bond acceptors (Lipinski definition) is 23. The average molecular weight is 910 g/mol. The van der Waals surface area contributed by atoms with E-state index in [1.165, 1.54) is 32.1 Å². The molecule has 1 aliphatic heterocycles. The number of phosphoric ester groups is 3. The number of aromatic hydroxyl groups is 1. The third-order valence-corrected chi connectivity index (χ3v) is 11.9. The van der Waals surface area contributed by atoms with Gasteiger partial charge in [0.05, 0.1) is 27.4 Å². The molecule has 7 N–H and O–H groups in total. The van der Waals surface area contributed by atoms with Gasteiger partial charge in [0.25, 0.3) is 15.6 Å². The highest BCUT2D eigenvalue weighted by Crippen LogP contribution is 2.56. The van der Waals surface area contributed by atoms with Gasteiger partial charge < -0.3 is 74.1 Å². The van der Waals surface area contributed by atoms with E-state index in [1.807, 2.05) is 0 Å². The molecular formula is C30H38N7O18P3S-4. The molecule has 29 heteroatoms. The molecule has 1 saturated heterocycles. The van der Waals surface area contributed by atoms with Crippen molar-refractivity contribution >= 4 is 75.2 Å². The van der Waals surface area contributed by atoms with E-state index in [9.17, 15) is 63.0 Å². The Balaban J connectivity index is 1.20. The first kappa shape index (κ1) is 48.0. The van der Waals surface area contributed by atoms with Crippen molar-refractivity contribution in [2.75, 3.05) is 37.8 Å². The Morgan fingerprint density at radius 2 is 1.73 bits per heavy atom. The summed E-state index contributed by atoms with van der Waals surface area (Å²) >= 11 is 0.945. The van der Waals surface area contributed by atoms with Crippen molar-refractivity contribution in [2.24, 2.45) is 5.41 Å². The van der Waals surface area contributed by atoms with Crippen molar-refractivity contribution in [3.8, 4) is 5.75 Å². The molecule has 7 atom stereocenters. The monoisotopic (exact) mass is 909 g/mol. The lowest BCUT2D eigenvalue weighted by Gasteiger charge is -2.36. The summed E-state index contributed by atoms with van der Waals surface area (Å²) in [6, 6.07) is 6.18. The van der Waals surface area contributed by atoms with Crippen molar-refractivity contribution in [3.05, 3.63) is 48.6 Å². The van der Waals surface area contributed by atoms with Gasteiger partial charge in [-0.2, -0.15) is 0 Å². The Hall–Kier alpha value is -3.68. The Labute approximate surface area is 338 Å². The first-order valence-corrected chi connectivity index (χ1v) is 22.3. The molecule has 3 heterocycles. The molecule has 2 aromatic heterocycles. The number of phenols is 1. The van der Waals surface area contributed by atoms with Crippen LogP contribution in [0.5, 0.6) is 5.75 Å². The number of rotatable bonds is 21. The number of ether oxygens (including phenoxy) is 1. The minimum absolute atomic E-state index is 0.0275. The number of benzene rings is 1. The summed E-state index contributed by atoms with van der Waals surface area (Å²) < 4.78 is 60.5. The van der Waals surface area contributed by atoms with Gasteiger partial charge in [-0.1, -0.05) is 43.8 Å². The maximum absolute atomic E-state index is 12.6. The number of fused-ring (bicyclic) bond motifs is 1. The number of imidazole rings is 1.